The van der Waals surface area contributed by atoms with Crippen LogP contribution >= 0.6 is 11.3 Å². The SMILES string of the molecule is Cc1ccc(-c2ccc3cc(-c4ccc(-c5cccc6c5sc5ncccc56)cc4)cnc3c2)cc1. The molecule has 3 heterocycles. The van der Waals surface area contributed by atoms with Crippen molar-refractivity contribution in [3.05, 3.63) is 121 Å². The smallest absolute Gasteiger partial charge is 0.124 e. The van der Waals surface area contributed by atoms with Crippen LogP contribution in [0.5, 0.6) is 0 Å². The number of fused-ring (bicyclic) bond motifs is 4. The van der Waals surface area contributed by atoms with Gasteiger partial charge in [0.15, 0.2) is 0 Å². The molecule has 0 aliphatic carbocycles. The van der Waals surface area contributed by atoms with Crippen molar-refractivity contribution in [1.82, 2.24) is 9.97 Å². The van der Waals surface area contributed by atoms with E-state index in [0.717, 1.165) is 21.3 Å². The third-order valence-corrected chi connectivity index (χ3v) is 8.04. The summed E-state index contributed by atoms with van der Waals surface area (Å²) in [6.07, 6.45) is 3.85. The van der Waals surface area contributed by atoms with Crippen molar-refractivity contribution in [2.24, 2.45) is 0 Å². The van der Waals surface area contributed by atoms with Crippen molar-refractivity contribution in [3.8, 4) is 33.4 Å². The Kier molecular flexibility index (Phi) is 4.90. The molecule has 0 bridgehead atoms. The topological polar surface area (TPSA) is 25.8 Å². The monoisotopic (exact) mass is 478 g/mol. The van der Waals surface area contributed by atoms with E-state index in [2.05, 4.69) is 109 Å². The Morgan fingerprint density at radius 3 is 2.17 bits per heavy atom. The summed E-state index contributed by atoms with van der Waals surface area (Å²) in [5, 5.41) is 3.65. The molecule has 36 heavy (non-hydrogen) atoms. The molecule has 0 saturated carbocycles. The highest BCUT2D eigenvalue weighted by Crippen LogP contribution is 2.39. The maximum absolute atomic E-state index is 4.80. The van der Waals surface area contributed by atoms with Gasteiger partial charge in [0.05, 0.1) is 5.52 Å². The van der Waals surface area contributed by atoms with Gasteiger partial charge in [-0.1, -0.05) is 84.4 Å². The number of pyridine rings is 2. The zero-order valence-corrected chi connectivity index (χ0v) is 20.6. The van der Waals surface area contributed by atoms with Gasteiger partial charge in [-0.05, 0) is 59.0 Å². The van der Waals surface area contributed by atoms with Crippen molar-refractivity contribution in [1.29, 1.82) is 0 Å². The van der Waals surface area contributed by atoms with Crippen LogP contribution in [0.4, 0.5) is 0 Å². The maximum Gasteiger partial charge on any atom is 0.124 e. The predicted molar refractivity (Wildman–Crippen MR) is 153 cm³/mol. The molecule has 0 fully saturated rings. The standard InChI is InChI=1S/C33H22N2S/c1-21-7-9-22(10-8-21)25-15-16-26-18-27(20-35-31(26)19-25)23-11-13-24(14-12-23)28-4-2-5-29-30-6-3-17-34-33(30)36-32(28)29/h2-20H,1H3. The summed E-state index contributed by atoms with van der Waals surface area (Å²) in [6.45, 7) is 2.11. The van der Waals surface area contributed by atoms with Gasteiger partial charge in [-0.25, -0.2) is 4.98 Å². The molecule has 3 aromatic heterocycles. The molecule has 4 aromatic carbocycles. The number of rotatable bonds is 3. The van der Waals surface area contributed by atoms with Gasteiger partial charge < -0.3 is 0 Å². The lowest BCUT2D eigenvalue weighted by molar-refractivity contribution is 1.40. The zero-order chi connectivity index (χ0) is 24.1. The molecule has 0 N–H and O–H groups in total. The molecule has 0 amide bonds. The van der Waals surface area contributed by atoms with Crippen LogP contribution in [-0.2, 0) is 0 Å². The average molecular weight is 479 g/mol. The molecule has 170 valence electrons. The Labute approximate surface area is 213 Å². The summed E-state index contributed by atoms with van der Waals surface area (Å²) < 4.78 is 1.29. The summed E-state index contributed by atoms with van der Waals surface area (Å²) in [6, 6.07) is 36.9. The van der Waals surface area contributed by atoms with Gasteiger partial charge in [0.1, 0.15) is 4.83 Å². The fraction of sp³-hybridized carbons (Fsp3) is 0.0303. The third-order valence-electron chi connectivity index (χ3n) is 6.87. The molecule has 0 saturated heterocycles. The van der Waals surface area contributed by atoms with Crippen LogP contribution in [0, 0.1) is 6.92 Å². The first-order chi connectivity index (χ1) is 17.7. The average Bonchev–Trinajstić information content (AvgIpc) is 3.32. The molecule has 7 aromatic rings. The predicted octanol–water partition coefficient (Wildman–Crippen LogP) is 9.31. The molecule has 0 spiro atoms. The zero-order valence-electron chi connectivity index (χ0n) is 19.8. The highest BCUT2D eigenvalue weighted by Gasteiger charge is 2.11. The Morgan fingerprint density at radius 2 is 1.31 bits per heavy atom. The summed E-state index contributed by atoms with van der Waals surface area (Å²) in [5.41, 5.74) is 9.45. The van der Waals surface area contributed by atoms with E-state index in [1.54, 1.807) is 11.3 Å². The van der Waals surface area contributed by atoms with Gasteiger partial charge in [0.25, 0.3) is 0 Å². The molecule has 0 atom stereocenters. The first-order valence-corrected chi connectivity index (χ1v) is 12.9. The molecule has 2 nitrogen and oxygen atoms in total. The van der Waals surface area contributed by atoms with Crippen molar-refractivity contribution >= 4 is 42.5 Å². The van der Waals surface area contributed by atoms with Gasteiger partial charge in [-0.15, -0.1) is 11.3 Å². The quantitative estimate of drug-likeness (QED) is 0.253. The lowest BCUT2D eigenvalue weighted by Crippen LogP contribution is -1.86. The van der Waals surface area contributed by atoms with E-state index >= 15 is 0 Å². The molecular formula is C33H22N2S. The summed E-state index contributed by atoms with van der Waals surface area (Å²) in [5.74, 6) is 0. The molecule has 0 aliphatic heterocycles. The molecule has 7 rings (SSSR count). The van der Waals surface area contributed by atoms with E-state index in [9.17, 15) is 0 Å². The van der Waals surface area contributed by atoms with E-state index in [1.807, 2.05) is 18.5 Å². The Balaban J connectivity index is 1.23. The van der Waals surface area contributed by atoms with Gasteiger partial charge in [-0.2, -0.15) is 0 Å². The van der Waals surface area contributed by atoms with Crippen LogP contribution in [0.2, 0.25) is 0 Å². The van der Waals surface area contributed by atoms with Crippen LogP contribution in [0.25, 0.3) is 64.6 Å². The first kappa shape index (κ1) is 21.0. The van der Waals surface area contributed by atoms with Crippen LogP contribution < -0.4 is 0 Å². The van der Waals surface area contributed by atoms with E-state index in [0.29, 0.717) is 0 Å². The van der Waals surface area contributed by atoms with E-state index in [1.165, 1.54) is 48.9 Å². The lowest BCUT2D eigenvalue weighted by atomic mass is 9.98. The minimum atomic E-state index is 1.01. The number of hydrogen-bond donors (Lipinski definition) is 0. The summed E-state index contributed by atoms with van der Waals surface area (Å²) in [4.78, 5) is 10.5. The fourth-order valence-electron chi connectivity index (χ4n) is 4.91. The normalized spacial score (nSPS) is 11.5. The van der Waals surface area contributed by atoms with Crippen molar-refractivity contribution in [2.45, 2.75) is 6.92 Å². The van der Waals surface area contributed by atoms with Crippen LogP contribution in [0.15, 0.2) is 116 Å². The molecule has 0 aliphatic rings. The number of aromatic nitrogens is 2. The summed E-state index contributed by atoms with van der Waals surface area (Å²) in [7, 11) is 0. The minimum Gasteiger partial charge on any atom is -0.256 e. The number of hydrogen-bond acceptors (Lipinski definition) is 3. The number of nitrogens with zero attached hydrogens (tertiary/aromatic N) is 2. The first-order valence-electron chi connectivity index (χ1n) is 12.1. The Hall–Kier alpha value is -4.34. The Morgan fingerprint density at radius 1 is 0.583 bits per heavy atom. The highest BCUT2D eigenvalue weighted by atomic mass is 32.1. The van der Waals surface area contributed by atoms with Crippen LogP contribution in [0.1, 0.15) is 5.56 Å². The number of aryl methyl sites for hydroxylation is 1. The van der Waals surface area contributed by atoms with Crippen molar-refractivity contribution < 1.29 is 0 Å². The number of benzene rings is 4. The second-order valence-electron chi connectivity index (χ2n) is 9.22. The second kappa shape index (κ2) is 8.40. The van der Waals surface area contributed by atoms with Gasteiger partial charge in [0.2, 0.25) is 0 Å². The maximum atomic E-state index is 4.80. The molecule has 3 heteroatoms. The molecule has 0 unspecified atom stereocenters. The van der Waals surface area contributed by atoms with E-state index in [4.69, 9.17) is 4.98 Å². The Bertz CT molecular complexity index is 1880. The third kappa shape index (κ3) is 3.57. The van der Waals surface area contributed by atoms with Gasteiger partial charge >= 0.3 is 0 Å². The van der Waals surface area contributed by atoms with E-state index < -0.39 is 0 Å². The summed E-state index contributed by atoms with van der Waals surface area (Å²) >= 11 is 1.76. The number of thiophene rings is 1. The fourth-order valence-corrected chi connectivity index (χ4v) is 6.09. The van der Waals surface area contributed by atoms with Gasteiger partial charge in [0, 0.05) is 38.8 Å². The van der Waals surface area contributed by atoms with Crippen LogP contribution in [0.3, 0.4) is 0 Å². The largest absolute Gasteiger partial charge is 0.256 e. The van der Waals surface area contributed by atoms with E-state index in [-0.39, 0.29) is 0 Å². The highest BCUT2D eigenvalue weighted by molar-refractivity contribution is 7.26. The minimum absolute atomic E-state index is 1.01. The van der Waals surface area contributed by atoms with Gasteiger partial charge in [-0.3, -0.25) is 4.98 Å². The van der Waals surface area contributed by atoms with Crippen molar-refractivity contribution in [3.63, 3.8) is 0 Å². The molecular weight excluding hydrogens is 456 g/mol. The van der Waals surface area contributed by atoms with Crippen molar-refractivity contribution in [2.75, 3.05) is 0 Å². The molecule has 0 radical (unpaired) electrons. The van der Waals surface area contributed by atoms with Crippen LogP contribution in [-0.4, -0.2) is 9.97 Å². The lowest BCUT2D eigenvalue weighted by Gasteiger charge is -2.08. The second-order valence-corrected chi connectivity index (χ2v) is 10.2.